The molecular weight excluding hydrogens is 244 g/mol. The fourth-order valence-electron chi connectivity index (χ4n) is 3.80. The average Bonchev–Trinajstić information content (AvgIpc) is 2.52. The van der Waals surface area contributed by atoms with Crippen molar-refractivity contribution in [1.82, 2.24) is 0 Å². The van der Waals surface area contributed by atoms with Gasteiger partial charge < -0.3 is 5.11 Å². The van der Waals surface area contributed by atoms with Crippen molar-refractivity contribution >= 4 is 0 Å². The van der Waals surface area contributed by atoms with E-state index in [-0.39, 0.29) is 17.4 Å². The quantitative estimate of drug-likeness (QED) is 0.876. The molecular formula is C19H22O. The van der Waals surface area contributed by atoms with Crippen LogP contribution >= 0.6 is 0 Å². The summed E-state index contributed by atoms with van der Waals surface area (Å²) in [5.74, 6) is 0.606. The highest BCUT2D eigenvalue weighted by Gasteiger charge is 2.58. The number of hydrogen-bond acceptors (Lipinski definition) is 1. The van der Waals surface area contributed by atoms with E-state index in [1.54, 1.807) is 0 Å². The maximum Gasteiger partial charge on any atom is 0.0674 e. The number of hydrogen-bond donors (Lipinski definition) is 1. The molecule has 0 bridgehead atoms. The van der Waals surface area contributed by atoms with E-state index in [0.29, 0.717) is 5.92 Å². The van der Waals surface area contributed by atoms with Gasteiger partial charge in [0.25, 0.3) is 0 Å². The second-order valence-corrected chi connectivity index (χ2v) is 6.13. The summed E-state index contributed by atoms with van der Waals surface area (Å²) < 4.78 is 0. The van der Waals surface area contributed by atoms with Crippen LogP contribution in [-0.4, -0.2) is 11.2 Å². The highest BCUT2D eigenvalue weighted by atomic mass is 16.3. The Kier molecular flexibility index (Phi) is 3.39. The first kappa shape index (κ1) is 13.4. The predicted molar refractivity (Wildman–Crippen MR) is 82.8 cm³/mol. The number of aliphatic hydroxyl groups is 1. The predicted octanol–water partition coefficient (Wildman–Crippen LogP) is 4.34. The second-order valence-electron chi connectivity index (χ2n) is 6.13. The minimum atomic E-state index is -0.264. The van der Waals surface area contributed by atoms with Crippen LogP contribution in [0.1, 0.15) is 43.2 Å². The average molecular weight is 266 g/mol. The molecule has 104 valence electrons. The standard InChI is InChI=1S/C19H22O/c1-3-19(2)17(15-12-8-5-9-13-15)16(18(19)20)14-10-6-4-7-11-14/h4-13,16-18,20H,3H2,1-2H3. The van der Waals surface area contributed by atoms with Gasteiger partial charge in [0.15, 0.2) is 0 Å². The van der Waals surface area contributed by atoms with Gasteiger partial charge in [0.05, 0.1) is 6.10 Å². The lowest BCUT2D eigenvalue weighted by molar-refractivity contribution is -0.102. The van der Waals surface area contributed by atoms with Crippen LogP contribution in [0, 0.1) is 5.41 Å². The van der Waals surface area contributed by atoms with Crippen molar-refractivity contribution in [2.45, 2.75) is 38.2 Å². The van der Waals surface area contributed by atoms with E-state index in [1.165, 1.54) is 11.1 Å². The summed E-state index contributed by atoms with van der Waals surface area (Å²) in [6, 6.07) is 21.1. The fourth-order valence-corrected chi connectivity index (χ4v) is 3.80. The molecule has 0 amide bonds. The smallest absolute Gasteiger partial charge is 0.0674 e. The van der Waals surface area contributed by atoms with Crippen molar-refractivity contribution in [2.75, 3.05) is 0 Å². The molecule has 1 aliphatic rings. The van der Waals surface area contributed by atoms with Crippen LogP contribution in [0.25, 0.3) is 0 Å². The first-order valence-corrected chi connectivity index (χ1v) is 7.46. The lowest BCUT2D eigenvalue weighted by Gasteiger charge is -2.58. The van der Waals surface area contributed by atoms with Gasteiger partial charge in [-0.3, -0.25) is 0 Å². The summed E-state index contributed by atoms with van der Waals surface area (Å²) in [6.07, 6.45) is 0.733. The van der Waals surface area contributed by atoms with E-state index < -0.39 is 0 Å². The summed E-state index contributed by atoms with van der Waals surface area (Å²) in [5, 5.41) is 10.7. The Morgan fingerprint density at radius 1 is 0.900 bits per heavy atom. The monoisotopic (exact) mass is 266 g/mol. The Bertz CT molecular complexity index is 563. The van der Waals surface area contributed by atoms with Crippen molar-refractivity contribution in [1.29, 1.82) is 0 Å². The molecule has 0 spiro atoms. The zero-order valence-corrected chi connectivity index (χ0v) is 12.2. The van der Waals surface area contributed by atoms with Crippen molar-refractivity contribution in [3.8, 4) is 0 Å². The molecule has 4 unspecified atom stereocenters. The first-order valence-electron chi connectivity index (χ1n) is 7.46. The molecule has 1 aliphatic carbocycles. The largest absolute Gasteiger partial charge is 0.392 e. The van der Waals surface area contributed by atoms with Crippen LogP contribution in [0.4, 0.5) is 0 Å². The zero-order valence-electron chi connectivity index (χ0n) is 12.2. The maximum atomic E-state index is 10.7. The molecule has 1 N–H and O–H groups in total. The van der Waals surface area contributed by atoms with Crippen LogP contribution in [0.5, 0.6) is 0 Å². The third kappa shape index (κ3) is 1.89. The third-order valence-corrected chi connectivity index (χ3v) is 5.19. The van der Waals surface area contributed by atoms with E-state index in [9.17, 15) is 5.11 Å². The fraction of sp³-hybridized carbons (Fsp3) is 0.368. The number of benzene rings is 2. The SMILES string of the molecule is CCC1(C)C(O)C(c2ccccc2)C1c1ccccc1. The van der Waals surface area contributed by atoms with Crippen LogP contribution < -0.4 is 0 Å². The lowest BCUT2D eigenvalue weighted by Crippen LogP contribution is -2.55. The van der Waals surface area contributed by atoms with Crippen LogP contribution in [0.3, 0.4) is 0 Å². The van der Waals surface area contributed by atoms with E-state index in [1.807, 2.05) is 6.07 Å². The van der Waals surface area contributed by atoms with Crippen LogP contribution in [0.2, 0.25) is 0 Å². The Morgan fingerprint density at radius 2 is 1.40 bits per heavy atom. The molecule has 1 saturated carbocycles. The molecule has 0 radical (unpaired) electrons. The number of rotatable bonds is 3. The molecule has 1 heteroatoms. The molecule has 0 saturated heterocycles. The summed E-state index contributed by atoms with van der Waals surface area (Å²) in [7, 11) is 0. The molecule has 2 aromatic rings. The van der Waals surface area contributed by atoms with E-state index >= 15 is 0 Å². The van der Waals surface area contributed by atoms with Crippen molar-refractivity contribution in [3.05, 3.63) is 71.8 Å². The van der Waals surface area contributed by atoms with Gasteiger partial charge in [-0.2, -0.15) is 0 Å². The molecule has 3 rings (SSSR count). The normalized spacial score (nSPS) is 32.6. The summed E-state index contributed by atoms with van der Waals surface area (Å²) >= 11 is 0. The summed E-state index contributed by atoms with van der Waals surface area (Å²) in [5.41, 5.74) is 2.57. The molecule has 2 aromatic carbocycles. The third-order valence-electron chi connectivity index (χ3n) is 5.19. The first-order chi connectivity index (χ1) is 9.68. The summed E-state index contributed by atoms with van der Waals surface area (Å²) in [4.78, 5) is 0. The van der Waals surface area contributed by atoms with Gasteiger partial charge in [-0.25, -0.2) is 0 Å². The molecule has 1 nitrogen and oxygen atoms in total. The topological polar surface area (TPSA) is 20.2 Å². The minimum absolute atomic E-state index is 0.0259. The van der Waals surface area contributed by atoms with Gasteiger partial charge in [0.2, 0.25) is 0 Å². The lowest BCUT2D eigenvalue weighted by atomic mass is 9.48. The van der Waals surface area contributed by atoms with Gasteiger partial charge in [0, 0.05) is 17.3 Å². The molecule has 1 fully saturated rings. The summed E-state index contributed by atoms with van der Waals surface area (Å²) in [6.45, 7) is 4.40. The van der Waals surface area contributed by atoms with Gasteiger partial charge in [-0.1, -0.05) is 74.5 Å². The van der Waals surface area contributed by atoms with E-state index in [4.69, 9.17) is 0 Å². The highest BCUT2D eigenvalue weighted by Crippen LogP contribution is 2.62. The molecule has 0 aromatic heterocycles. The van der Waals surface area contributed by atoms with Crippen molar-refractivity contribution in [3.63, 3.8) is 0 Å². The Balaban J connectivity index is 2.02. The Morgan fingerprint density at radius 3 is 1.90 bits per heavy atom. The van der Waals surface area contributed by atoms with Gasteiger partial charge >= 0.3 is 0 Å². The van der Waals surface area contributed by atoms with Gasteiger partial charge in [0.1, 0.15) is 0 Å². The minimum Gasteiger partial charge on any atom is -0.392 e. The molecule has 4 atom stereocenters. The molecule has 0 heterocycles. The van der Waals surface area contributed by atoms with Crippen LogP contribution in [0.15, 0.2) is 60.7 Å². The molecule has 20 heavy (non-hydrogen) atoms. The second kappa shape index (κ2) is 5.06. The Labute approximate surface area is 121 Å². The van der Waals surface area contributed by atoms with Crippen molar-refractivity contribution < 1.29 is 5.11 Å². The van der Waals surface area contributed by atoms with Gasteiger partial charge in [-0.05, 0) is 17.5 Å². The van der Waals surface area contributed by atoms with Gasteiger partial charge in [-0.15, -0.1) is 0 Å². The maximum absolute atomic E-state index is 10.7. The van der Waals surface area contributed by atoms with E-state index in [0.717, 1.165) is 6.42 Å². The van der Waals surface area contributed by atoms with Crippen LogP contribution in [-0.2, 0) is 0 Å². The Hall–Kier alpha value is -1.60. The highest BCUT2D eigenvalue weighted by molar-refractivity contribution is 5.38. The number of aliphatic hydroxyl groups excluding tert-OH is 1. The van der Waals surface area contributed by atoms with Crippen molar-refractivity contribution in [2.24, 2.45) is 5.41 Å². The van der Waals surface area contributed by atoms with E-state index in [2.05, 4.69) is 68.4 Å². The molecule has 0 aliphatic heterocycles. The zero-order chi connectivity index (χ0) is 14.2.